The van der Waals surface area contributed by atoms with Crippen molar-refractivity contribution in [3.05, 3.63) is 58.1 Å². The summed E-state index contributed by atoms with van der Waals surface area (Å²) < 4.78 is 5.24. The number of nitro benzene ring substituents is 1. The molecule has 0 unspecified atom stereocenters. The first-order chi connectivity index (χ1) is 11.5. The first kappa shape index (κ1) is 15.3. The predicted molar refractivity (Wildman–Crippen MR) is 84.8 cm³/mol. The number of carbonyl (C=O) groups is 2. The third-order valence-electron chi connectivity index (χ3n) is 3.29. The van der Waals surface area contributed by atoms with Crippen LogP contribution in [0.4, 0.5) is 17.1 Å². The minimum absolute atomic E-state index is 0.119. The number of hydrazine groups is 1. The van der Waals surface area contributed by atoms with Gasteiger partial charge in [-0.2, -0.15) is 0 Å². The van der Waals surface area contributed by atoms with Crippen molar-refractivity contribution in [2.24, 2.45) is 0 Å². The van der Waals surface area contributed by atoms with E-state index in [2.05, 4.69) is 16.2 Å². The fourth-order valence-electron chi connectivity index (χ4n) is 2.15. The van der Waals surface area contributed by atoms with Gasteiger partial charge in [-0.25, -0.2) is 0 Å². The summed E-state index contributed by atoms with van der Waals surface area (Å²) in [5.41, 5.74) is 5.68. The van der Waals surface area contributed by atoms with E-state index in [1.165, 1.54) is 30.3 Å². The molecule has 2 aromatic carbocycles. The van der Waals surface area contributed by atoms with Crippen LogP contribution in [0.1, 0.15) is 10.4 Å². The van der Waals surface area contributed by atoms with E-state index in [1.54, 1.807) is 12.1 Å². The number of carbonyl (C=O) groups excluding carboxylic acids is 2. The number of nitrogens with zero attached hydrogens (tertiary/aromatic N) is 1. The Morgan fingerprint density at radius 2 is 2.04 bits per heavy atom. The quantitative estimate of drug-likeness (QED) is 0.580. The van der Waals surface area contributed by atoms with Crippen LogP contribution in [0.25, 0.3) is 0 Å². The summed E-state index contributed by atoms with van der Waals surface area (Å²) in [4.78, 5) is 33.7. The number of nitro groups is 1. The van der Waals surface area contributed by atoms with Crippen LogP contribution in [-0.2, 0) is 4.79 Å². The zero-order valence-corrected chi connectivity index (χ0v) is 12.2. The van der Waals surface area contributed by atoms with E-state index < -0.39 is 10.8 Å². The highest BCUT2D eigenvalue weighted by Crippen LogP contribution is 2.28. The van der Waals surface area contributed by atoms with E-state index in [0.717, 1.165) is 0 Å². The summed E-state index contributed by atoms with van der Waals surface area (Å²) >= 11 is 0. The molecule has 0 aromatic heterocycles. The molecule has 0 saturated heterocycles. The molecule has 122 valence electrons. The molecule has 0 spiro atoms. The molecule has 0 saturated carbocycles. The van der Waals surface area contributed by atoms with Crippen molar-refractivity contribution in [2.75, 3.05) is 17.3 Å². The van der Waals surface area contributed by atoms with Crippen LogP contribution in [0, 0.1) is 10.1 Å². The van der Waals surface area contributed by atoms with Gasteiger partial charge < -0.3 is 10.1 Å². The predicted octanol–water partition coefficient (Wildman–Crippen LogP) is 1.68. The second-order valence-electron chi connectivity index (χ2n) is 4.90. The maximum atomic E-state index is 12.2. The number of anilines is 2. The van der Waals surface area contributed by atoms with E-state index in [1.807, 2.05) is 0 Å². The molecule has 24 heavy (non-hydrogen) atoms. The Hall–Kier alpha value is -3.62. The fraction of sp³-hybridized carbons (Fsp3) is 0.0667. The zero-order chi connectivity index (χ0) is 17.1. The van der Waals surface area contributed by atoms with Gasteiger partial charge in [0.15, 0.2) is 6.61 Å². The van der Waals surface area contributed by atoms with Crippen LogP contribution in [0.15, 0.2) is 42.5 Å². The average molecular weight is 328 g/mol. The number of benzene rings is 2. The molecule has 0 aliphatic carbocycles. The number of rotatable bonds is 4. The molecule has 0 bridgehead atoms. The topological polar surface area (TPSA) is 123 Å². The number of hydrogen-bond acceptors (Lipinski definition) is 6. The van der Waals surface area contributed by atoms with Gasteiger partial charge in [0.25, 0.3) is 17.5 Å². The number of fused-ring (bicyclic) bond motifs is 1. The molecule has 2 aromatic rings. The van der Waals surface area contributed by atoms with Gasteiger partial charge in [0.05, 0.1) is 10.6 Å². The molecular weight excluding hydrogens is 316 g/mol. The second-order valence-corrected chi connectivity index (χ2v) is 4.90. The smallest absolute Gasteiger partial charge is 0.294 e. The first-order valence-electron chi connectivity index (χ1n) is 6.91. The van der Waals surface area contributed by atoms with Crippen molar-refractivity contribution < 1.29 is 19.2 Å². The minimum atomic E-state index is -0.552. The van der Waals surface area contributed by atoms with Crippen LogP contribution in [0.3, 0.4) is 0 Å². The number of hydrogen-bond donors (Lipinski definition) is 3. The Labute approximate surface area is 135 Å². The van der Waals surface area contributed by atoms with E-state index in [-0.39, 0.29) is 29.5 Å². The normalized spacial score (nSPS) is 12.4. The summed E-state index contributed by atoms with van der Waals surface area (Å²) in [6, 6.07) is 10.5. The molecular formula is C15H12N4O5. The van der Waals surface area contributed by atoms with Gasteiger partial charge in [-0.3, -0.25) is 30.6 Å². The van der Waals surface area contributed by atoms with Gasteiger partial charge in [0.2, 0.25) is 0 Å². The Kier molecular flexibility index (Phi) is 3.98. The highest BCUT2D eigenvalue weighted by Gasteiger charge is 2.18. The van der Waals surface area contributed by atoms with Gasteiger partial charge in [-0.15, -0.1) is 0 Å². The average Bonchev–Trinajstić information content (AvgIpc) is 2.59. The third-order valence-corrected chi connectivity index (χ3v) is 3.29. The Morgan fingerprint density at radius 3 is 2.83 bits per heavy atom. The molecule has 9 nitrogen and oxygen atoms in total. The van der Waals surface area contributed by atoms with Crippen LogP contribution in [-0.4, -0.2) is 23.3 Å². The molecule has 3 N–H and O–H groups in total. The molecule has 3 rings (SSSR count). The van der Waals surface area contributed by atoms with Gasteiger partial charge in [0, 0.05) is 11.6 Å². The Morgan fingerprint density at radius 1 is 1.25 bits per heavy atom. The Bertz CT molecular complexity index is 836. The van der Waals surface area contributed by atoms with E-state index in [9.17, 15) is 19.7 Å². The van der Waals surface area contributed by atoms with Crippen LogP contribution >= 0.6 is 0 Å². The molecule has 1 aliphatic rings. The monoisotopic (exact) mass is 328 g/mol. The summed E-state index contributed by atoms with van der Waals surface area (Å²) in [6.45, 7) is -0.119. The van der Waals surface area contributed by atoms with Gasteiger partial charge in [-0.05, 0) is 24.3 Å². The number of amides is 2. The van der Waals surface area contributed by atoms with Gasteiger partial charge in [-0.1, -0.05) is 12.1 Å². The minimum Gasteiger partial charge on any atom is -0.482 e. The lowest BCUT2D eigenvalue weighted by atomic mass is 10.1. The van der Waals surface area contributed by atoms with Crippen molar-refractivity contribution in [2.45, 2.75) is 0 Å². The summed E-state index contributed by atoms with van der Waals surface area (Å²) in [7, 11) is 0. The van der Waals surface area contributed by atoms with Gasteiger partial charge in [0.1, 0.15) is 11.4 Å². The molecule has 0 radical (unpaired) electrons. The Balaban J connectivity index is 1.72. The fourth-order valence-corrected chi connectivity index (χ4v) is 2.15. The summed E-state index contributed by atoms with van der Waals surface area (Å²) in [5, 5.41) is 13.5. The highest BCUT2D eigenvalue weighted by molar-refractivity contribution is 5.99. The molecule has 0 fully saturated rings. The van der Waals surface area contributed by atoms with Crippen molar-refractivity contribution >= 4 is 28.9 Å². The van der Waals surface area contributed by atoms with E-state index in [0.29, 0.717) is 11.4 Å². The zero-order valence-electron chi connectivity index (χ0n) is 12.2. The maximum absolute atomic E-state index is 12.2. The second kappa shape index (κ2) is 6.24. The summed E-state index contributed by atoms with van der Waals surface area (Å²) in [5.74, 6) is -0.387. The number of ether oxygens (including phenoxy) is 1. The third kappa shape index (κ3) is 3.09. The molecule has 2 amide bonds. The maximum Gasteiger partial charge on any atom is 0.294 e. The molecule has 1 aliphatic heterocycles. The molecule has 9 heteroatoms. The SMILES string of the molecule is O=C1COc2cc(C(=O)NNc3ccccc3[N+](=O)[O-])ccc2N1. The summed E-state index contributed by atoms with van der Waals surface area (Å²) in [6.07, 6.45) is 0. The van der Waals surface area contributed by atoms with Crippen LogP contribution < -0.4 is 20.9 Å². The molecule has 1 heterocycles. The van der Waals surface area contributed by atoms with Crippen LogP contribution in [0.5, 0.6) is 5.75 Å². The number of para-hydroxylation sites is 2. The highest BCUT2D eigenvalue weighted by atomic mass is 16.6. The lowest BCUT2D eigenvalue weighted by Gasteiger charge is -2.18. The molecule has 0 atom stereocenters. The van der Waals surface area contributed by atoms with Crippen molar-refractivity contribution in [3.8, 4) is 5.75 Å². The van der Waals surface area contributed by atoms with Crippen molar-refractivity contribution in [3.63, 3.8) is 0 Å². The number of nitrogens with one attached hydrogen (secondary N) is 3. The lowest BCUT2D eigenvalue weighted by molar-refractivity contribution is -0.384. The lowest BCUT2D eigenvalue weighted by Crippen LogP contribution is -2.30. The van der Waals surface area contributed by atoms with E-state index >= 15 is 0 Å². The van der Waals surface area contributed by atoms with Crippen molar-refractivity contribution in [1.29, 1.82) is 0 Å². The first-order valence-corrected chi connectivity index (χ1v) is 6.91. The largest absolute Gasteiger partial charge is 0.482 e. The van der Waals surface area contributed by atoms with Gasteiger partial charge >= 0.3 is 0 Å². The van der Waals surface area contributed by atoms with Crippen LogP contribution in [0.2, 0.25) is 0 Å². The van der Waals surface area contributed by atoms with E-state index in [4.69, 9.17) is 4.74 Å². The van der Waals surface area contributed by atoms with Crippen molar-refractivity contribution in [1.82, 2.24) is 5.43 Å². The standard InChI is InChI=1S/C15H12N4O5/c20-14-8-24-13-7-9(5-6-11(13)16-14)15(21)18-17-10-3-1-2-4-12(10)19(22)23/h1-7,17H,8H2,(H,16,20)(H,18,21).